The smallest absolute Gasteiger partial charge is 0.416 e. The first kappa shape index (κ1) is 20.5. The van der Waals surface area contributed by atoms with Gasteiger partial charge in [-0.3, -0.25) is 4.79 Å². The van der Waals surface area contributed by atoms with Crippen molar-refractivity contribution in [2.75, 3.05) is 7.11 Å². The van der Waals surface area contributed by atoms with Gasteiger partial charge in [-0.25, -0.2) is 4.79 Å². The third-order valence-electron chi connectivity index (χ3n) is 4.15. The van der Waals surface area contributed by atoms with E-state index in [9.17, 15) is 22.8 Å². The Hall–Kier alpha value is -2.83. The van der Waals surface area contributed by atoms with E-state index in [0.717, 1.165) is 23.3 Å². The first-order valence-electron chi connectivity index (χ1n) is 8.28. The van der Waals surface area contributed by atoms with E-state index in [1.807, 2.05) is 31.2 Å². The molecule has 0 spiro atoms. The van der Waals surface area contributed by atoms with Crippen LogP contribution in [0.1, 0.15) is 22.3 Å². The van der Waals surface area contributed by atoms with Gasteiger partial charge in [-0.15, -0.1) is 0 Å². The maximum atomic E-state index is 12.6. The van der Waals surface area contributed by atoms with Crippen molar-refractivity contribution >= 4 is 11.9 Å². The highest BCUT2D eigenvalue weighted by atomic mass is 19.4. The molecular formula is C20H20F3NO3. The predicted molar refractivity (Wildman–Crippen MR) is 94.0 cm³/mol. The number of carbonyl (C=O) groups excluding carboxylic acids is 2. The Kier molecular flexibility index (Phi) is 6.60. The lowest BCUT2D eigenvalue weighted by Gasteiger charge is -2.18. The monoisotopic (exact) mass is 379 g/mol. The number of esters is 1. The van der Waals surface area contributed by atoms with Gasteiger partial charge in [-0.2, -0.15) is 13.2 Å². The number of alkyl halides is 3. The van der Waals surface area contributed by atoms with Crippen LogP contribution in [0.15, 0.2) is 48.5 Å². The van der Waals surface area contributed by atoms with Crippen LogP contribution in [0.25, 0.3) is 0 Å². The molecule has 2 rings (SSSR count). The highest BCUT2D eigenvalue weighted by molar-refractivity contribution is 5.85. The normalized spacial score (nSPS) is 12.3. The third kappa shape index (κ3) is 5.84. The van der Waals surface area contributed by atoms with Crippen LogP contribution in [-0.4, -0.2) is 25.0 Å². The Morgan fingerprint density at radius 3 is 2.26 bits per heavy atom. The van der Waals surface area contributed by atoms with Crippen molar-refractivity contribution in [3.8, 4) is 0 Å². The topological polar surface area (TPSA) is 55.4 Å². The summed E-state index contributed by atoms with van der Waals surface area (Å²) >= 11 is 0. The second-order valence-electron chi connectivity index (χ2n) is 6.15. The van der Waals surface area contributed by atoms with Gasteiger partial charge in [0.2, 0.25) is 5.91 Å². The van der Waals surface area contributed by atoms with Crippen LogP contribution in [-0.2, 0) is 33.3 Å². The Morgan fingerprint density at radius 2 is 1.70 bits per heavy atom. The fraction of sp³-hybridized carbons (Fsp3) is 0.300. The largest absolute Gasteiger partial charge is 0.467 e. The summed E-state index contributed by atoms with van der Waals surface area (Å²) in [5.41, 5.74) is 1.50. The van der Waals surface area contributed by atoms with Gasteiger partial charge in [0, 0.05) is 6.42 Å². The van der Waals surface area contributed by atoms with Crippen molar-refractivity contribution in [1.29, 1.82) is 0 Å². The number of hydrogen-bond donors (Lipinski definition) is 1. The number of carbonyl (C=O) groups is 2. The molecule has 0 unspecified atom stereocenters. The second kappa shape index (κ2) is 8.70. The minimum Gasteiger partial charge on any atom is -0.467 e. The zero-order chi connectivity index (χ0) is 20.0. The van der Waals surface area contributed by atoms with Gasteiger partial charge in [0.05, 0.1) is 19.1 Å². The van der Waals surface area contributed by atoms with E-state index in [0.29, 0.717) is 5.56 Å². The molecule has 1 amide bonds. The van der Waals surface area contributed by atoms with Crippen molar-refractivity contribution in [3.05, 3.63) is 70.8 Å². The Morgan fingerprint density at radius 1 is 1.07 bits per heavy atom. The van der Waals surface area contributed by atoms with Crippen LogP contribution >= 0.6 is 0 Å². The number of rotatable bonds is 6. The zero-order valence-electron chi connectivity index (χ0n) is 15.0. The maximum absolute atomic E-state index is 12.6. The molecule has 4 nitrogen and oxygen atoms in total. The maximum Gasteiger partial charge on any atom is 0.416 e. The van der Waals surface area contributed by atoms with E-state index in [1.165, 1.54) is 19.2 Å². The number of benzene rings is 2. The molecule has 0 aliphatic rings. The van der Waals surface area contributed by atoms with Gasteiger partial charge >= 0.3 is 12.1 Å². The molecule has 1 atom stereocenters. The van der Waals surface area contributed by atoms with Crippen LogP contribution in [0.4, 0.5) is 13.2 Å². The third-order valence-corrected chi connectivity index (χ3v) is 4.15. The van der Waals surface area contributed by atoms with E-state index < -0.39 is 29.7 Å². The molecule has 0 aliphatic heterocycles. The molecule has 1 N–H and O–H groups in total. The lowest BCUT2D eigenvalue weighted by atomic mass is 10.0. The lowest BCUT2D eigenvalue weighted by molar-refractivity contribution is -0.145. The van der Waals surface area contributed by atoms with E-state index in [1.54, 1.807) is 0 Å². The number of methoxy groups -OCH3 is 1. The molecular weight excluding hydrogens is 359 g/mol. The van der Waals surface area contributed by atoms with E-state index >= 15 is 0 Å². The van der Waals surface area contributed by atoms with Gasteiger partial charge in [-0.05, 0) is 35.7 Å². The van der Waals surface area contributed by atoms with Crippen molar-refractivity contribution in [1.82, 2.24) is 5.32 Å². The molecule has 0 radical (unpaired) electrons. The molecule has 0 fully saturated rings. The number of amides is 1. The van der Waals surface area contributed by atoms with Gasteiger partial charge in [-0.1, -0.05) is 36.4 Å². The molecule has 0 heterocycles. The minimum absolute atomic E-state index is 0.139. The number of ether oxygens (including phenoxy) is 1. The molecule has 144 valence electrons. The van der Waals surface area contributed by atoms with E-state index in [-0.39, 0.29) is 12.8 Å². The summed E-state index contributed by atoms with van der Waals surface area (Å²) in [5.74, 6) is -1.06. The SMILES string of the molecule is COC(=O)[C@@H](Cc1ccccc1C)NC(=O)Cc1ccc(C(F)(F)F)cc1. The van der Waals surface area contributed by atoms with Gasteiger partial charge in [0.1, 0.15) is 6.04 Å². The highest BCUT2D eigenvalue weighted by Crippen LogP contribution is 2.29. The quantitative estimate of drug-likeness (QED) is 0.782. The minimum atomic E-state index is -4.43. The molecule has 7 heteroatoms. The first-order chi connectivity index (χ1) is 12.7. The summed E-state index contributed by atoms with van der Waals surface area (Å²) in [6, 6.07) is 10.9. The average molecular weight is 379 g/mol. The molecule has 0 bridgehead atoms. The van der Waals surface area contributed by atoms with Gasteiger partial charge in [0.25, 0.3) is 0 Å². The Bertz CT molecular complexity index is 801. The summed E-state index contributed by atoms with van der Waals surface area (Å²) < 4.78 is 42.5. The molecule has 2 aromatic carbocycles. The first-order valence-corrected chi connectivity index (χ1v) is 8.28. The molecule has 2 aromatic rings. The predicted octanol–water partition coefficient (Wildman–Crippen LogP) is 3.46. The molecule has 0 saturated carbocycles. The van der Waals surface area contributed by atoms with E-state index in [2.05, 4.69) is 5.32 Å². The van der Waals surface area contributed by atoms with Gasteiger partial charge in [0.15, 0.2) is 0 Å². The Labute approximate surface area is 155 Å². The molecule has 0 aliphatic carbocycles. The van der Waals surface area contributed by atoms with Gasteiger partial charge < -0.3 is 10.1 Å². The van der Waals surface area contributed by atoms with E-state index in [4.69, 9.17) is 4.74 Å². The van der Waals surface area contributed by atoms with Crippen molar-refractivity contribution in [2.24, 2.45) is 0 Å². The van der Waals surface area contributed by atoms with Crippen LogP contribution < -0.4 is 5.32 Å². The number of nitrogens with one attached hydrogen (secondary N) is 1. The van der Waals surface area contributed by atoms with Crippen molar-refractivity contribution < 1.29 is 27.5 Å². The van der Waals surface area contributed by atoms with Crippen LogP contribution in [0.3, 0.4) is 0 Å². The number of halogens is 3. The second-order valence-corrected chi connectivity index (χ2v) is 6.15. The lowest BCUT2D eigenvalue weighted by Crippen LogP contribution is -2.43. The summed E-state index contributed by atoms with van der Waals surface area (Å²) in [4.78, 5) is 24.3. The average Bonchev–Trinajstić information content (AvgIpc) is 2.62. The zero-order valence-corrected chi connectivity index (χ0v) is 15.0. The summed E-state index contributed by atoms with van der Waals surface area (Å²) in [6.07, 6.45) is -4.30. The number of aryl methyl sites for hydroxylation is 1. The molecule has 0 saturated heterocycles. The Balaban J connectivity index is 2.05. The van der Waals surface area contributed by atoms with Crippen molar-refractivity contribution in [3.63, 3.8) is 0 Å². The standard InChI is InChI=1S/C20H20F3NO3/c1-13-5-3-4-6-15(13)12-17(19(26)27-2)24-18(25)11-14-7-9-16(10-8-14)20(21,22)23/h3-10,17H,11-12H2,1-2H3,(H,24,25)/t17-/m1/s1. The summed E-state index contributed by atoms with van der Waals surface area (Å²) in [6.45, 7) is 1.90. The summed E-state index contributed by atoms with van der Waals surface area (Å²) in [7, 11) is 1.23. The number of hydrogen-bond acceptors (Lipinski definition) is 3. The van der Waals surface area contributed by atoms with Crippen molar-refractivity contribution in [2.45, 2.75) is 32.0 Å². The fourth-order valence-electron chi connectivity index (χ4n) is 2.64. The van der Waals surface area contributed by atoms with Crippen LogP contribution in [0, 0.1) is 6.92 Å². The highest BCUT2D eigenvalue weighted by Gasteiger charge is 2.30. The molecule has 0 aromatic heterocycles. The molecule has 27 heavy (non-hydrogen) atoms. The van der Waals surface area contributed by atoms with Crippen LogP contribution in [0.5, 0.6) is 0 Å². The summed E-state index contributed by atoms with van der Waals surface area (Å²) in [5, 5.41) is 2.60. The van der Waals surface area contributed by atoms with Crippen LogP contribution in [0.2, 0.25) is 0 Å². The fourth-order valence-corrected chi connectivity index (χ4v) is 2.64.